The third kappa shape index (κ3) is 6.62. The van der Waals surface area contributed by atoms with Crippen molar-refractivity contribution in [2.75, 3.05) is 18.6 Å². The van der Waals surface area contributed by atoms with Gasteiger partial charge in [-0.15, -0.1) is 0 Å². The monoisotopic (exact) mass is 234 g/mol. The van der Waals surface area contributed by atoms with E-state index in [0.29, 0.717) is 12.3 Å². The molecule has 0 bridgehead atoms. The molecule has 0 aromatic heterocycles. The van der Waals surface area contributed by atoms with Gasteiger partial charge in [0, 0.05) is 29.4 Å². The first-order chi connectivity index (χ1) is 6.75. The van der Waals surface area contributed by atoms with E-state index in [2.05, 4.69) is 5.32 Å². The highest BCUT2D eigenvalue weighted by Crippen LogP contribution is 2.16. The Hall–Kier alpha value is -0.420. The van der Waals surface area contributed by atoms with E-state index in [4.69, 9.17) is 5.73 Å². The zero-order valence-corrected chi connectivity index (χ0v) is 10.8. The lowest BCUT2D eigenvalue weighted by molar-refractivity contribution is -0.124. The van der Waals surface area contributed by atoms with Crippen molar-refractivity contribution in [2.24, 2.45) is 11.1 Å². The lowest BCUT2D eigenvalue weighted by atomic mass is 9.87. The van der Waals surface area contributed by atoms with Crippen molar-refractivity contribution >= 4 is 16.7 Å². The molecule has 5 heteroatoms. The highest BCUT2D eigenvalue weighted by Gasteiger charge is 2.26. The van der Waals surface area contributed by atoms with Crippen LogP contribution < -0.4 is 11.1 Å². The van der Waals surface area contributed by atoms with Gasteiger partial charge in [-0.1, -0.05) is 20.8 Å². The maximum absolute atomic E-state index is 11.5. The van der Waals surface area contributed by atoms with E-state index in [-0.39, 0.29) is 11.3 Å². The van der Waals surface area contributed by atoms with Crippen LogP contribution in [0, 0.1) is 5.41 Å². The van der Waals surface area contributed by atoms with E-state index in [0.717, 1.165) is 6.42 Å². The predicted molar refractivity (Wildman–Crippen MR) is 64.0 cm³/mol. The Bertz CT molecular complexity index is 236. The van der Waals surface area contributed by atoms with Crippen molar-refractivity contribution in [2.45, 2.75) is 33.2 Å². The van der Waals surface area contributed by atoms with Crippen LogP contribution in [-0.2, 0) is 15.6 Å². The van der Waals surface area contributed by atoms with Crippen LogP contribution in [0.15, 0.2) is 0 Å². The maximum Gasteiger partial charge on any atom is 0.237 e. The molecule has 1 amide bonds. The van der Waals surface area contributed by atoms with Crippen LogP contribution in [0.4, 0.5) is 0 Å². The highest BCUT2D eigenvalue weighted by atomic mass is 32.2. The minimum absolute atomic E-state index is 0.135. The zero-order chi connectivity index (χ0) is 12.1. The van der Waals surface area contributed by atoms with Crippen LogP contribution in [-0.4, -0.2) is 34.7 Å². The molecule has 2 atom stereocenters. The maximum atomic E-state index is 11.5. The second kappa shape index (κ2) is 6.23. The van der Waals surface area contributed by atoms with Crippen molar-refractivity contribution in [1.82, 2.24) is 5.32 Å². The summed E-state index contributed by atoms with van der Waals surface area (Å²) in [4.78, 5) is 11.5. The third-order valence-electron chi connectivity index (χ3n) is 2.12. The summed E-state index contributed by atoms with van der Waals surface area (Å²) in [7, 11) is -0.791. The minimum Gasteiger partial charge on any atom is -0.355 e. The molecule has 3 N–H and O–H groups in total. The smallest absolute Gasteiger partial charge is 0.237 e. The average molecular weight is 234 g/mol. The van der Waals surface area contributed by atoms with Crippen molar-refractivity contribution in [3.63, 3.8) is 0 Å². The largest absolute Gasteiger partial charge is 0.355 e. The number of carbonyl (C=O) groups excluding carboxylic acids is 1. The molecule has 15 heavy (non-hydrogen) atoms. The van der Waals surface area contributed by atoms with E-state index < -0.39 is 16.8 Å². The first-order valence-electron chi connectivity index (χ1n) is 5.08. The summed E-state index contributed by atoms with van der Waals surface area (Å²) in [5, 5.41) is 2.75. The quantitative estimate of drug-likeness (QED) is 0.670. The number of amides is 1. The molecule has 0 aliphatic carbocycles. The molecule has 0 saturated carbocycles. The number of hydrogen-bond donors (Lipinski definition) is 2. The SMILES string of the molecule is CS(=O)CCCNC(=O)[C@H](N)C(C)(C)C. The van der Waals surface area contributed by atoms with Crippen molar-refractivity contribution in [3.8, 4) is 0 Å². The van der Waals surface area contributed by atoms with Crippen molar-refractivity contribution in [1.29, 1.82) is 0 Å². The van der Waals surface area contributed by atoms with Gasteiger partial charge in [0.2, 0.25) is 5.91 Å². The van der Waals surface area contributed by atoms with Gasteiger partial charge in [0.05, 0.1) is 6.04 Å². The van der Waals surface area contributed by atoms with E-state index in [1.165, 1.54) is 0 Å². The Balaban J connectivity index is 3.80. The minimum atomic E-state index is -0.791. The molecule has 0 heterocycles. The Morgan fingerprint density at radius 3 is 2.40 bits per heavy atom. The molecule has 4 nitrogen and oxygen atoms in total. The van der Waals surface area contributed by atoms with Crippen molar-refractivity contribution < 1.29 is 9.00 Å². The Morgan fingerprint density at radius 1 is 1.47 bits per heavy atom. The Labute approximate surface area is 94.4 Å². The third-order valence-corrected chi connectivity index (χ3v) is 2.99. The number of nitrogens with two attached hydrogens (primary N) is 1. The summed E-state index contributed by atoms with van der Waals surface area (Å²) in [6.07, 6.45) is 2.38. The van der Waals surface area contributed by atoms with Crippen LogP contribution in [0.1, 0.15) is 27.2 Å². The van der Waals surface area contributed by atoms with E-state index in [1.807, 2.05) is 20.8 Å². The average Bonchev–Trinajstić information content (AvgIpc) is 2.09. The first kappa shape index (κ1) is 14.6. The second-order valence-corrected chi connectivity index (χ2v) is 6.32. The van der Waals surface area contributed by atoms with Gasteiger partial charge in [-0.2, -0.15) is 0 Å². The predicted octanol–water partition coefficient (Wildman–Crippen LogP) is 0.245. The molecule has 0 radical (unpaired) electrons. The van der Waals surface area contributed by atoms with E-state index in [1.54, 1.807) is 6.26 Å². The molecule has 0 aromatic carbocycles. The molecular weight excluding hydrogens is 212 g/mol. The van der Waals surface area contributed by atoms with E-state index in [9.17, 15) is 9.00 Å². The summed E-state index contributed by atoms with van der Waals surface area (Å²) in [6.45, 7) is 6.33. The van der Waals surface area contributed by atoms with Crippen LogP contribution >= 0.6 is 0 Å². The molecule has 0 fully saturated rings. The van der Waals surface area contributed by atoms with Crippen LogP contribution in [0.25, 0.3) is 0 Å². The fourth-order valence-electron chi connectivity index (χ4n) is 0.990. The molecule has 0 spiro atoms. The highest BCUT2D eigenvalue weighted by molar-refractivity contribution is 7.84. The topological polar surface area (TPSA) is 72.2 Å². The summed E-state index contributed by atoms with van der Waals surface area (Å²) in [5.41, 5.74) is 5.54. The van der Waals surface area contributed by atoms with E-state index >= 15 is 0 Å². The molecule has 0 aromatic rings. The number of hydrogen-bond acceptors (Lipinski definition) is 3. The molecule has 1 unspecified atom stereocenters. The molecule has 0 aliphatic rings. The van der Waals surface area contributed by atoms with Gasteiger partial charge in [-0.3, -0.25) is 9.00 Å². The Kier molecular flexibility index (Phi) is 6.05. The van der Waals surface area contributed by atoms with Crippen molar-refractivity contribution in [3.05, 3.63) is 0 Å². The molecule has 0 aliphatic heterocycles. The lowest BCUT2D eigenvalue weighted by Gasteiger charge is -2.25. The van der Waals surface area contributed by atoms with Gasteiger partial charge in [-0.25, -0.2) is 0 Å². The normalized spacial score (nSPS) is 15.8. The lowest BCUT2D eigenvalue weighted by Crippen LogP contribution is -2.48. The van der Waals surface area contributed by atoms with Gasteiger partial charge in [0.25, 0.3) is 0 Å². The number of nitrogens with one attached hydrogen (secondary N) is 1. The summed E-state index contributed by atoms with van der Waals surface area (Å²) in [5.74, 6) is 0.481. The van der Waals surface area contributed by atoms with Crippen LogP contribution in [0.3, 0.4) is 0 Å². The van der Waals surface area contributed by atoms with Crippen LogP contribution in [0.5, 0.6) is 0 Å². The standard InChI is InChI=1S/C10H22N2O2S/c1-10(2,3)8(11)9(13)12-6-5-7-15(4)14/h8H,5-7,11H2,1-4H3,(H,12,13)/t8-,15?/m0/s1. The summed E-state index contributed by atoms with van der Waals surface area (Å²) in [6, 6.07) is -0.496. The van der Waals surface area contributed by atoms with Gasteiger partial charge in [-0.05, 0) is 11.8 Å². The van der Waals surface area contributed by atoms with Gasteiger partial charge < -0.3 is 11.1 Å². The summed E-state index contributed by atoms with van der Waals surface area (Å²) < 4.78 is 10.8. The van der Waals surface area contributed by atoms with Crippen LogP contribution in [0.2, 0.25) is 0 Å². The number of rotatable bonds is 5. The zero-order valence-electron chi connectivity index (χ0n) is 10.0. The summed E-state index contributed by atoms with van der Waals surface area (Å²) >= 11 is 0. The Morgan fingerprint density at radius 2 is 2.00 bits per heavy atom. The first-order valence-corrected chi connectivity index (χ1v) is 6.81. The van der Waals surface area contributed by atoms with Gasteiger partial charge in [0.15, 0.2) is 0 Å². The van der Waals surface area contributed by atoms with Gasteiger partial charge >= 0.3 is 0 Å². The molecule has 0 saturated heterocycles. The second-order valence-electron chi connectivity index (χ2n) is 4.77. The van der Waals surface area contributed by atoms with Gasteiger partial charge in [0.1, 0.15) is 0 Å². The fourth-order valence-corrected chi connectivity index (χ4v) is 1.54. The number of carbonyl (C=O) groups is 1. The molecular formula is C10H22N2O2S. The molecule has 90 valence electrons. The fraction of sp³-hybridized carbons (Fsp3) is 0.900. The molecule has 0 rings (SSSR count).